The normalized spacial score (nSPS) is 21.3. The summed E-state index contributed by atoms with van der Waals surface area (Å²) in [6.07, 6.45) is 3.29. The summed E-state index contributed by atoms with van der Waals surface area (Å²) in [7, 11) is 0. The van der Waals surface area contributed by atoms with E-state index in [0.29, 0.717) is 6.04 Å². The number of ether oxygens (including phenoxy) is 1. The Morgan fingerprint density at radius 1 is 1.33 bits per heavy atom. The van der Waals surface area contributed by atoms with Gasteiger partial charge >= 0.3 is 0 Å². The van der Waals surface area contributed by atoms with E-state index in [0.717, 1.165) is 24.1 Å². The van der Waals surface area contributed by atoms with Crippen molar-refractivity contribution in [2.75, 3.05) is 13.2 Å². The molecule has 0 spiro atoms. The van der Waals surface area contributed by atoms with E-state index in [2.05, 4.69) is 51.0 Å². The van der Waals surface area contributed by atoms with E-state index in [4.69, 9.17) is 4.74 Å². The largest absolute Gasteiger partial charge is 0.379 e. The topological polar surface area (TPSA) is 14.2 Å². The van der Waals surface area contributed by atoms with Gasteiger partial charge in [0.2, 0.25) is 0 Å². The third-order valence-electron chi connectivity index (χ3n) is 2.98. The molecule has 1 aliphatic rings. The van der Waals surface area contributed by atoms with Crippen LogP contribution < -0.4 is 0 Å². The molecular formula is C12H12BrNO. The Morgan fingerprint density at radius 2 is 2.27 bits per heavy atom. The Bertz CT molecular complexity index is 485. The van der Waals surface area contributed by atoms with Gasteiger partial charge in [-0.2, -0.15) is 0 Å². The van der Waals surface area contributed by atoms with Crippen molar-refractivity contribution in [3.63, 3.8) is 0 Å². The monoisotopic (exact) mass is 265 g/mol. The molecule has 1 aliphatic heterocycles. The molecule has 1 unspecified atom stereocenters. The predicted octanol–water partition coefficient (Wildman–Crippen LogP) is 3.37. The van der Waals surface area contributed by atoms with Crippen molar-refractivity contribution in [1.82, 2.24) is 4.57 Å². The van der Waals surface area contributed by atoms with Gasteiger partial charge in [0.15, 0.2) is 0 Å². The molecule has 1 fully saturated rings. The van der Waals surface area contributed by atoms with E-state index in [1.807, 2.05) is 0 Å². The second kappa shape index (κ2) is 3.65. The molecule has 15 heavy (non-hydrogen) atoms. The van der Waals surface area contributed by atoms with Gasteiger partial charge in [-0.1, -0.05) is 15.9 Å². The van der Waals surface area contributed by atoms with Crippen LogP contribution in [0.2, 0.25) is 0 Å². The summed E-state index contributed by atoms with van der Waals surface area (Å²) in [6.45, 7) is 1.74. The molecule has 78 valence electrons. The first-order valence-electron chi connectivity index (χ1n) is 5.18. The van der Waals surface area contributed by atoms with Gasteiger partial charge in [0, 0.05) is 28.2 Å². The summed E-state index contributed by atoms with van der Waals surface area (Å²) < 4.78 is 8.89. The average Bonchev–Trinajstić information content (AvgIpc) is 2.82. The van der Waals surface area contributed by atoms with E-state index in [9.17, 15) is 0 Å². The van der Waals surface area contributed by atoms with Crippen molar-refractivity contribution in [1.29, 1.82) is 0 Å². The zero-order valence-electron chi connectivity index (χ0n) is 8.32. The van der Waals surface area contributed by atoms with E-state index in [1.54, 1.807) is 0 Å². The summed E-state index contributed by atoms with van der Waals surface area (Å²) in [5, 5.41) is 1.29. The van der Waals surface area contributed by atoms with Gasteiger partial charge in [0.1, 0.15) is 0 Å². The lowest BCUT2D eigenvalue weighted by Crippen LogP contribution is -2.06. The molecule has 2 heterocycles. The number of nitrogens with zero attached hydrogens (tertiary/aromatic N) is 1. The number of halogens is 1. The van der Waals surface area contributed by atoms with Gasteiger partial charge in [-0.3, -0.25) is 0 Å². The maximum atomic E-state index is 5.42. The number of aromatic nitrogens is 1. The molecule has 2 nitrogen and oxygen atoms in total. The summed E-state index contributed by atoms with van der Waals surface area (Å²) in [4.78, 5) is 0. The molecule has 1 aromatic carbocycles. The Labute approximate surface area is 97.0 Å². The van der Waals surface area contributed by atoms with Gasteiger partial charge in [0.05, 0.1) is 12.6 Å². The lowest BCUT2D eigenvalue weighted by atomic mass is 10.2. The zero-order chi connectivity index (χ0) is 10.3. The van der Waals surface area contributed by atoms with Crippen LogP contribution in [-0.2, 0) is 4.74 Å². The fraction of sp³-hybridized carbons (Fsp3) is 0.333. The standard InChI is InChI=1S/C12H12BrNO/c13-10-1-2-12-9(7-10)3-5-14(12)11-4-6-15-8-11/h1-3,5,7,11H,4,6,8H2. The Balaban J connectivity index is 2.11. The van der Waals surface area contributed by atoms with Crippen LogP contribution in [0.5, 0.6) is 0 Å². The van der Waals surface area contributed by atoms with Crippen molar-refractivity contribution in [3.8, 4) is 0 Å². The molecule has 0 radical (unpaired) electrons. The van der Waals surface area contributed by atoms with E-state index < -0.39 is 0 Å². The molecule has 1 atom stereocenters. The molecule has 0 N–H and O–H groups in total. The van der Waals surface area contributed by atoms with Gasteiger partial charge in [0.25, 0.3) is 0 Å². The molecular weight excluding hydrogens is 254 g/mol. The maximum Gasteiger partial charge on any atom is 0.0674 e. The van der Waals surface area contributed by atoms with Crippen LogP contribution in [0.15, 0.2) is 34.9 Å². The first-order chi connectivity index (χ1) is 7.34. The Kier molecular flexibility index (Phi) is 2.29. The molecule has 2 aromatic rings. The van der Waals surface area contributed by atoms with Crippen LogP contribution >= 0.6 is 15.9 Å². The van der Waals surface area contributed by atoms with Crippen LogP contribution in [0.4, 0.5) is 0 Å². The van der Waals surface area contributed by atoms with E-state index >= 15 is 0 Å². The molecule has 0 aliphatic carbocycles. The Morgan fingerprint density at radius 3 is 3.07 bits per heavy atom. The minimum atomic E-state index is 0.517. The van der Waals surface area contributed by atoms with Crippen LogP contribution in [0, 0.1) is 0 Å². The Hall–Kier alpha value is -0.800. The van der Waals surface area contributed by atoms with Crippen molar-refractivity contribution in [3.05, 3.63) is 34.9 Å². The highest BCUT2D eigenvalue weighted by atomic mass is 79.9. The summed E-state index contributed by atoms with van der Waals surface area (Å²) in [6, 6.07) is 9.09. The molecule has 0 amide bonds. The third kappa shape index (κ3) is 1.60. The zero-order valence-corrected chi connectivity index (χ0v) is 9.90. The number of hydrogen-bond acceptors (Lipinski definition) is 1. The van der Waals surface area contributed by atoms with Crippen LogP contribution in [0.3, 0.4) is 0 Å². The third-order valence-corrected chi connectivity index (χ3v) is 3.47. The number of fused-ring (bicyclic) bond motifs is 1. The highest BCUT2D eigenvalue weighted by Gasteiger charge is 2.18. The van der Waals surface area contributed by atoms with E-state index in [-0.39, 0.29) is 0 Å². The molecule has 1 aromatic heterocycles. The second-order valence-electron chi connectivity index (χ2n) is 3.94. The second-order valence-corrected chi connectivity index (χ2v) is 4.86. The van der Waals surface area contributed by atoms with Crippen LogP contribution in [-0.4, -0.2) is 17.8 Å². The molecule has 3 heteroatoms. The molecule has 0 bridgehead atoms. The minimum Gasteiger partial charge on any atom is -0.379 e. The van der Waals surface area contributed by atoms with Crippen molar-refractivity contribution in [2.24, 2.45) is 0 Å². The van der Waals surface area contributed by atoms with Gasteiger partial charge in [-0.15, -0.1) is 0 Å². The van der Waals surface area contributed by atoms with Crippen molar-refractivity contribution in [2.45, 2.75) is 12.5 Å². The van der Waals surface area contributed by atoms with Gasteiger partial charge < -0.3 is 9.30 Å². The quantitative estimate of drug-likeness (QED) is 0.772. The molecule has 1 saturated heterocycles. The summed E-state index contributed by atoms with van der Waals surface area (Å²) in [5.41, 5.74) is 1.30. The van der Waals surface area contributed by atoms with Crippen LogP contribution in [0.25, 0.3) is 10.9 Å². The average molecular weight is 266 g/mol. The maximum absolute atomic E-state index is 5.42. The summed E-state index contributed by atoms with van der Waals surface area (Å²) in [5.74, 6) is 0. The van der Waals surface area contributed by atoms with Gasteiger partial charge in [-0.05, 0) is 30.7 Å². The number of rotatable bonds is 1. The van der Waals surface area contributed by atoms with E-state index in [1.165, 1.54) is 10.9 Å². The van der Waals surface area contributed by atoms with Gasteiger partial charge in [-0.25, -0.2) is 0 Å². The van der Waals surface area contributed by atoms with Crippen molar-refractivity contribution >= 4 is 26.8 Å². The van der Waals surface area contributed by atoms with Crippen LogP contribution in [0.1, 0.15) is 12.5 Å². The van der Waals surface area contributed by atoms with Crippen molar-refractivity contribution < 1.29 is 4.74 Å². The first-order valence-corrected chi connectivity index (χ1v) is 5.98. The molecule has 3 rings (SSSR count). The summed E-state index contributed by atoms with van der Waals surface area (Å²) >= 11 is 3.49. The lowest BCUT2D eigenvalue weighted by molar-refractivity contribution is 0.187. The lowest BCUT2D eigenvalue weighted by Gasteiger charge is -2.11. The first kappa shape index (κ1) is 9.43. The predicted molar refractivity (Wildman–Crippen MR) is 64.1 cm³/mol. The number of hydrogen-bond donors (Lipinski definition) is 0. The minimum absolute atomic E-state index is 0.517. The highest BCUT2D eigenvalue weighted by Crippen LogP contribution is 2.27. The fourth-order valence-electron chi connectivity index (χ4n) is 2.19. The SMILES string of the molecule is Brc1ccc2c(ccn2C2CCOC2)c1. The number of benzene rings is 1. The molecule has 0 saturated carbocycles. The smallest absolute Gasteiger partial charge is 0.0674 e. The highest BCUT2D eigenvalue weighted by molar-refractivity contribution is 9.10. The fourth-order valence-corrected chi connectivity index (χ4v) is 2.57.